The molecule has 1 heterocycles. The summed E-state index contributed by atoms with van der Waals surface area (Å²) in [6.07, 6.45) is 74.9. The van der Waals surface area contributed by atoms with Crippen LogP contribution in [-0.2, 0) is 0 Å². The van der Waals surface area contributed by atoms with E-state index < -0.39 is 0 Å². The molecule has 0 N–H and O–H groups in total. The first kappa shape index (κ1) is 101. The van der Waals surface area contributed by atoms with Crippen LogP contribution in [0.15, 0.2) is 36.4 Å². The Morgan fingerprint density at radius 2 is 0.263 bits per heavy atom. The molecule has 0 saturated carbocycles. The van der Waals surface area contributed by atoms with E-state index in [0.29, 0.717) is 129 Å². The topological polar surface area (TPSA) is 122 Å². The van der Waals surface area contributed by atoms with Crippen molar-refractivity contribution in [3.8, 4) is 85.9 Å². The van der Waals surface area contributed by atoms with Gasteiger partial charge in [-0.05, 0) is 94.2 Å². The standard InChI is InChI=1S/C102H177N3O9/c1-10-19-28-37-46-55-64-73-106-91-82-88(83-92(107-74-65-56-47-38-29-20-11-2)97(91)112-79-70-61-52-43-34-25-16-7)100-103-101(89-84-93(108-75-66-57-48-39-30-21-12-3)98(113-80-71-62-53-44-35-26-17-8)94(85-89)109-76-67-58-49-40-31-22-13-4)105-102(104-100)90-86-95(110-77-68-59-50-41-32-23-14-5)99(114-81-72-63-54-45-36-27-18-9)96(87-90)111-78-69-60-51-42-33-24-15-6/h82-87H,10-81H2,1-9H3. The number of ether oxygens (including phenoxy) is 9. The van der Waals surface area contributed by atoms with Crippen LogP contribution >= 0.6 is 0 Å². The van der Waals surface area contributed by atoms with Gasteiger partial charge in [-0.2, -0.15) is 0 Å². The molecule has 0 aliphatic rings. The second-order valence-electron chi connectivity index (χ2n) is 33.4. The molecule has 0 atom stereocenters. The summed E-state index contributed by atoms with van der Waals surface area (Å²) in [7, 11) is 0. The van der Waals surface area contributed by atoms with Gasteiger partial charge in [0.15, 0.2) is 52.0 Å². The SMILES string of the molecule is CCCCCCCCCOc1cc(-c2nc(-c3cc(OCCCCCCCCC)c(OCCCCCCCCC)c(OCCCCCCCCC)c3)nc(-c3cc(OCCCCCCCCC)c(OCCCCCCCCC)c(OCCCCCCCCC)c3)n2)cc(OCCCCCCCCC)c1OCCCCCCCCC. The second kappa shape index (κ2) is 73.0. The highest BCUT2D eigenvalue weighted by Crippen LogP contribution is 2.47. The lowest BCUT2D eigenvalue weighted by Crippen LogP contribution is -2.09. The number of hydrogen-bond donors (Lipinski definition) is 0. The van der Waals surface area contributed by atoms with Crippen LogP contribution in [0, 0.1) is 0 Å². The van der Waals surface area contributed by atoms with E-state index >= 15 is 0 Å². The van der Waals surface area contributed by atoms with Crippen molar-refractivity contribution in [3.63, 3.8) is 0 Å². The van der Waals surface area contributed by atoms with E-state index in [4.69, 9.17) is 57.6 Å². The molecule has 114 heavy (non-hydrogen) atoms. The quantitative estimate of drug-likeness (QED) is 0.0391. The van der Waals surface area contributed by atoms with Gasteiger partial charge >= 0.3 is 0 Å². The van der Waals surface area contributed by atoms with Crippen LogP contribution < -0.4 is 42.6 Å². The minimum atomic E-state index is 0.487. The Labute approximate surface area is 702 Å². The van der Waals surface area contributed by atoms with Crippen molar-refractivity contribution in [2.45, 2.75) is 467 Å². The Kier molecular flexibility index (Phi) is 64.9. The fourth-order valence-electron chi connectivity index (χ4n) is 15.1. The molecule has 4 rings (SSSR count). The lowest BCUT2D eigenvalue weighted by Gasteiger charge is -2.20. The highest BCUT2D eigenvalue weighted by atomic mass is 16.6. The van der Waals surface area contributed by atoms with Crippen molar-refractivity contribution in [1.29, 1.82) is 0 Å². The van der Waals surface area contributed by atoms with Crippen LogP contribution in [-0.4, -0.2) is 74.4 Å². The van der Waals surface area contributed by atoms with Gasteiger partial charge in [-0.15, -0.1) is 0 Å². The first-order valence-electron chi connectivity index (χ1n) is 49.4. The van der Waals surface area contributed by atoms with E-state index in [1.807, 2.05) is 0 Å². The van der Waals surface area contributed by atoms with Crippen LogP contribution in [0.2, 0.25) is 0 Å². The van der Waals surface area contributed by atoms with Gasteiger partial charge < -0.3 is 42.6 Å². The fraction of sp³-hybridized carbons (Fsp3) is 0.794. The summed E-state index contributed by atoms with van der Waals surface area (Å²) < 4.78 is 63.5. The predicted molar refractivity (Wildman–Crippen MR) is 488 cm³/mol. The van der Waals surface area contributed by atoms with Gasteiger partial charge in [-0.1, -0.05) is 409 Å². The van der Waals surface area contributed by atoms with E-state index in [0.717, 1.165) is 132 Å². The zero-order valence-corrected chi connectivity index (χ0v) is 75.9. The number of benzene rings is 3. The molecule has 3 aromatic carbocycles. The second-order valence-corrected chi connectivity index (χ2v) is 33.4. The molecule has 0 aliphatic carbocycles. The van der Waals surface area contributed by atoms with Gasteiger partial charge in [0, 0.05) is 16.7 Å². The summed E-state index contributed by atoms with van der Waals surface area (Å²) in [6, 6.07) is 12.7. The Morgan fingerprint density at radius 3 is 0.395 bits per heavy atom. The minimum Gasteiger partial charge on any atom is -0.490 e. The molecule has 0 spiro atoms. The summed E-state index contributed by atoms with van der Waals surface area (Å²) in [5, 5.41) is 0. The summed E-state index contributed by atoms with van der Waals surface area (Å²) in [5.41, 5.74) is 2.27. The Bertz CT molecular complexity index is 2410. The van der Waals surface area contributed by atoms with E-state index in [2.05, 4.69) is 98.7 Å². The molecule has 654 valence electrons. The first-order chi connectivity index (χ1) is 56.4. The van der Waals surface area contributed by atoms with Gasteiger partial charge in [-0.3, -0.25) is 0 Å². The van der Waals surface area contributed by atoms with Crippen LogP contribution in [0.5, 0.6) is 51.7 Å². The molecule has 1 aromatic heterocycles. The van der Waals surface area contributed by atoms with Gasteiger partial charge in [0.25, 0.3) is 0 Å². The number of hydrogen-bond acceptors (Lipinski definition) is 12. The molecule has 4 aromatic rings. The third-order valence-corrected chi connectivity index (χ3v) is 22.5. The van der Waals surface area contributed by atoms with Gasteiger partial charge in [-0.25, -0.2) is 15.0 Å². The van der Waals surface area contributed by atoms with Crippen molar-refractivity contribution < 1.29 is 42.6 Å². The highest BCUT2D eigenvalue weighted by molar-refractivity contribution is 5.74. The van der Waals surface area contributed by atoms with Gasteiger partial charge in [0.1, 0.15) is 0 Å². The first-order valence-corrected chi connectivity index (χ1v) is 49.4. The molecule has 12 heteroatoms. The number of unbranched alkanes of at least 4 members (excludes halogenated alkanes) is 54. The molecule has 0 fully saturated rings. The molecule has 12 nitrogen and oxygen atoms in total. The Hall–Kier alpha value is -5.13. The molecule has 0 amide bonds. The van der Waals surface area contributed by atoms with Crippen molar-refractivity contribution in [1.82, 2.24) is 15.0 Å². The molecule has 0 bridgehead atoms. The minimum absolute atomic E-state index is 0.487. The van der Waals surface area contributed by atoms with Crippen LogP contribution in [0.1, 0.15) is 467 Å². The largest absolute Gasteiger partial charge is 0.490 e. The molecule has 0 saturated heterocycles. The third-order valence-electron chi connectivity index (χ3n) is 22.5. The predicted octanol–water partition coefficient (Wildman–Crippen LogP) is 33.0. The van der Waals surface area contributed by atoms with Crippen LogP contribution in [0.25, 0.3) is 34.2 Å². The van der Waals surface area contributed by atoms with Crippen molar-refractivity contribution in [3.05, 3.63) is 36.4 Å². The molecule has 0 unspecified atom stereocenters. The van der Waals surface area contributed by atoms with Crippen LogP contribution in [0.4, 0.5) is 0 Å². The smallest absolute Gasteiger partial charge is 0.203 e. The molecular weight excluding hydrogens is 1410 g/mol. The van der Waals surface area contributed by atoms with Crippen molar-refractivity contribution >= 4 is 0 Å². The van der Waals surface area contributed by atoms with Gasteiger partial charge in [0.05, 0.1) is 59.5 Å². The van der Waals surface area contributed by atoms with Gasteiger partial charge in [0.2, 0.25) is 17.2 Å². The Morgan fingerprint density at radius 1 is 0.149 bits per heavy atom. The molecule has 0 radical (unpaired) electrons. The van der Waals surface area contributed by atoms with E-state index in [1.165, 1.54) is 289 Å². The maximum atomic E-state index is 7.08. The Balaban J connectivity index is 2.14. The summed E-state index contributed by atoms with van der Waals surface area (Å²) >= 11 is 0. The number of aromatic nitrogens is 3. The normalized spacial score (nSPS) is 11.4. The number of nitrogens with zero attached hydrogens (tertiary/aromatic N) is 3. The fourth-order valence-corrected chi connectivity index (χ4v) is 15.1. The van der Waals surface area contributed by atoms with Crippen molar-refractivity contribution in [2.24, 2.45) is 0 Å². The molecular formula is C102H177N3O9. The van der Waals surface area contributed by atoms with Crippen LogP contribution in [0.3, 0.4) is 0 Å². The number of rotatable bonds is 84. The lowest BCUT2D eigenvalue weighted by molar-refractivity contribution is 0.234. The summed E-state index contributed by atoms with van der Waals surface area (Å²) in [5.74, 6) is 7.43. The average Bonchev–Trinajstić information content (AvgIpc) is 0.772. The van der Waals surface area contributed by atoms with E-state index in [9.17, 15) is 0 Å². The zero-order valence-electron chi connectivity index (χ0n) is 75.9. The third kappa shape index (κ3) is 48.7. The summed E-state index contributed by atoms with van der Waals surface area (Å²) in [6.45, 7) is 25.7. The average molecular weight is 1590 g/mol. The van der Waals surface area contributed by atoms with E-state index in [1.54, 1.807) is 0 Å². The maximum Gasteiger partial charge on any atom is 0.203 e. The lowest BCUT2D eigenvalue weighted by atomic mass is 10.1. The highest BCUT2D eigenvalue weighted by Gasteiger charge is 2.26. The molecule has 0 aliphatic heterocycles. The maximum absolute atomic E-state index is 7.08. The zero-order chi connectivity index (χ0) is 81.3. The van der Waals surface area contributed by atoms with E-state index in [-0.39, 0.29) is 0 Å². The monoisotopic (exact) mass is 1590 g/mol. The van der Waals surface area contributed by atoms with Crippen molar-refractivity contribution in [2.75, 3.05) is 59.5 Å². The summed E-state index contributed by atoms with van der Waals surface area (Å²) in [4.78, 5) is 17.0.